The number of ketones is 1. The zero-order valence-corrected chi connectivity index (χ0v) is 16.5. The number of rotatable bonds is 3. The Balaban J connectivity index is 2.39. The molecule has 0 aliphatic heterocycles. The lowest BCUT2D eigenvalue weighted by Crippen LogP contribution is -2.11. The fourth-order valence-corrected chi connectivity index (χ4v) is 3.40. The Labute approximate surface area is 175 Å². The minimum absolute atomic E-state index is 0.383. The van der Waals surface area contributed by atoms with Gasteiger partial charge in [0.15, 0.2) is 17.3 Å². The number of aliphatic hydroxyl groups is 1. The standard InChI is InChI=1S/C18H11BBrF3O7/c1-4(24)16-8(9-13(27)15(29)14(28)10(19)17(9)30-16)11(25)5-2-6(18(21,22)23)12(26)7(20)3-5/h2-4,24,26-29H,1H3. The van der Waals surface area contributed by atoms with Crippen molar-refractivity contribution in [1.29, 1.82) is 0 Å². The van der Waals surface area contributed by atoms with E-state index in [0.29, 0.717) is 6.07 Å². The van der Waals surface area contributed by atoms with Crippen molar-refractivity contribution in [3.8, 4) is 23.0 Å². The van der Waals surface area contributed by atoms with E-state index in [-0.39, 0.29) is 0 Å². The maximum Gasteiger partial charge on any atom is 0.420 e. The monoisotopic (exact) mass is 486 g/mol. The maximum atomic E-state index is 13.2. The average Bonchev–Trinajstić information content (AvgIpc) is 3.06. The number of phenols is 4. The lowest BCUT2D eigenvalue weighted by molar-refractivity contribution is -0.138. The van der Waals surface area contributed by atoms with E-state index in [4.69, 9.17) is 12.3 Å². The molecule has 0 aliphatic carbocycles. The first-order valence-corrected chi connectivity index (χ1v) is 8.87. The second-order valence-electron chi connectivity index (χ2n) is 6.36. The van der Waals surface area contributed by atoms with Crippen LogP contribution in [0.3, 0.4) is 0 Å². The molecule has 0 amide bonds. The third kappa shape index (κ3) is 3.25. The van der Waals surface area contributed by atoms with Crippen LogP contribution in [0.5, 0.6) is 23.0 Å². The maximum absolute atomic E-state index is 13.2. The molecule has 0 saturated heterocycles. The van der Waals surface area contributed by atoms with Gasteiger partial charge in [-0.2, -0.15) is 13.2 Å². The van der Waals surface area contributed by atoms with Crippen LogP contribution < -0.4 is 5.46 Å². The molecular formula is C18H11BBrF3O7. The Hall–Kier alpha value is -2.86. The number of hydrogen-bond donors (Lipinski definition) is 5. The lowest BCUT2D eigenvalue weighted by atomic mass is 9.89. The number of carbonyl (C=O) groups is 1. The van der Waals surface area contributed by atoms with E-state index in [1.807, 2.05) is 0 Å². The smallest absolute Gasteiger partial charge is 0.420 e. The molecule has 1 atom stereocenters. The molecule has 0 bridgehead atoms. The summed E-state index contributed by atoms with van der Waals surface area (Å²) in [6, 6.07) is 1.28. The molecule has 30 heavy (non-hydrogen) atoms. The Morgan fingerprint density at radius 2 is 1.70 bits per heavy atom. The molecule has 0 fully saturated rings. The van der Waals surface area contributed by atoms with Crippen molar-refractivity contribution in [2.75, 3.05) is 0 Å². The van der Waals surface area contributed by atoms with Gasteiger partial charge in [0.05, 0.1) is 21.0 Å². The fraction of sp³-hybridized carbons (Fsp3) is 0.167. The minimum Gasteiger partial charge on any atom is -0.506 e. The highest BCUT2D eigenvalue weighted by molar-refractivity contribution is 9.10. The van der Waals surface area contributed by atoms with Crippen molar-refractivity contribution in [2.24, 2.45) is 0 Å². The molecular weight excluding hydrogens is 476 g/mol. The molecule has 2 aromatic carbocycles. The van der Waals surface area contributed by atoms with Crippen LogP contribution in [0, 0.1) is 0 Å². The summed E-state index contributed by atoms with van der Waals surface area (Å²) in [5, 5.41) is 49.0. The van der Waals surface area contributed by atoms with Crippen molar-refractivity contribution >= 4 is 46.0 Å². The number of aromatic hydroxyl groups is 4. The number of furan rings is 1. The van der Waals surface area contributed by atoms with Gasteiger partial charge in [-0.3, -0.25) is 4.79 Å². The molecule has 0 saturated carbocycles. The van der Waals surface area contributed by atoms with Gasteiger partial charge in [-0.1, -0.05) is 0 Å². The minimum atomic E-state index is -4.99. The number of benzene rings is 2. The molecule has 0 aliphatic rings. The summed E-state index contributed by atoms with van der Waals surface area (Å²) in [6.45, 7) is 1.18. The van der Waals surface area contributed by atoms with E-state index in [1.165, 1.54) is 6.92 Å². The Morgan fingerprint density at radius 3 is 2.23 bits per heavy atom. The number of fused-ring (bicyclic) bond motifs is 1. The largest absolute Gasteiger partial charge is 0.506 e. The van der Waals surface area contributed by atoms with Gasteiger partial charge in [-0.15, -0.1) is 0 Å². The van der Waals surface area contributed by atoms with Crippen molar-refractivity contribution < 1.29 is 47.9 Å². The molecule has 1 unspecified atom stereocenters. The van der Waals surface area contributed by atoms with Gasteiger partial charge in [-0.05, 0) is 40.4 Å². The predicted molar refractivity (Wildman–Crippen MR) is 101 cm³/mol. The number of aliphatic hydroxyl groups excluding tert-OH is 1. The van der Waals surface area contributed by atoms with Crippen LogP contribution in [-0.4, -0.2) is 39.2 Å². The van der Waals surface area contributed by atoms with Gasteiger partial charge in [0.1, 0.15) is 31.0 Å². The molecule has 1 heterocycles. The second kappa shape index (κ2) is 7.13. The third-order valence-electron chi connectivity index (χ3n) is 4.36. The van der Waals surface area contributed by atoms with Gasteiger partial charge >= 0.3 is 6.18 Å². The summed E-state index contributed by atoms with van der Waals surface area (Å²) in [5.41, 5.74) is -3.69. The van der Waals surface area contributed by atoms with Gasteiger partial charge in [0.2, 0.25) is 5.75 Å². The molecule has 12 heteroatoms. The van der Waals surface area contributed by atoms with E-state index in [2.05, 4.69) is 15.9 Å². The van der Waals surface area contributed by atoms with E-state index < -0.39 is 84.4 Å². The van der Waals surface area contributed by atoms with Crippen LogP contribution >= 0.6 is 15.9 Å². The second-order valence-corrected chi connectivity index (χ2v) is 7.22. The van der Waals surface area contributed by atoms with Gasteiger partial charge < -0.3 is 29.9 Å². The molecule has 7 nitrogen and oxygen atoms in total. The Bertz CT molecular complexity index is 1200. The molecule has 1 aromatic heterocycles. The van der Waals surface area contributed by atoms with Crippen LogP contribution in [0.2, 0.25) is 0 Å². The van der Waals surface area contributed by atoms with Gasteiger partial charge in [0.25, 0.3) is 0 Å². The molecule has 156 valence electrons. The van der Waals surface area contributed by atoms with Crippen molar-refractivity contribution in [3.63, 3.8) is 0 Å². The SMILES string of the molecule is [B]c1c(O)c(O)c(O)c2c(C(=O)c3cc(Br)c(O)c(C(F)(F)F)c3)c(C(C)O)oc12. The summed E-state index contributed by atoms with van der Waals surface area (Å²) in [4.78, 5) is 13.1. The average molecular weight is 487 g/mol. The Kier molecular flexibility index (Phi) is 5.19. The fourth-order valence-electron chi connectivity index (χ4n) is 2.94. The molecule has 2 radical (unpaired) electrons. The van der Waals surface area contributed by atoms with Crippen molar-refractivity contribution in [2.45, 2.75) is 19.2 Å². The van der Waals surface area contributed by atoms with Gasteiger partial charge in [0, 0.05) is 5.56 Å². The third-order valence-corrected chi connectivity index (χ3v) is 4.96. The zero-order valence-electron chi connectivity index (χ0n) is 14.9. The summed E-state index contributed by atoms with van der Waals surface area (Å²) >= 11 is 2.75. The van der Waals surface area contributed by atoms with Crippen LogP contribution in [0.4, 0.5) is 13.2 Å². The molecule has 5 N–H and O–H groups in total. The zero-order chi connectivity index (χ0) is 22.7. The number of hydrogen-bond acceptors (Lipinski definition) is 7. The van der Waals surface area contributed by atoms with Crippen LogP contribution in [0.15, 0.2) is 21.0 Å². The highest BCUT2D eigenvalue weighted by Crippen LogP contribution is 2.46. The molecule has 3 rings (SSSR count). The van der Waals surface area contributed by atoms with E-state index in [9.17, 15) is 43.5 Å². The van der Waals surface area contributed by atoms with E-state index >= 15 is 0 Å². The Morgan fingerprint density at radius 1 is 1.10 bits per heavy atom. The number of halogens is 4. The summed E-state index contributed by atoms with van der Waals surface area (Å²) in [7, 11) is 5.64. The highest BCUT2D eigenvalue weighted by Gasteiger charge is 2.37. The van der Waals surface area contributed by atoms with Crippen molar-refractivity contribution in [3.05, 3.63) is 39.1 Å². The summed E-state index contributed by atoms with van der Waals surface area (Å²) < 4.78 is 44.5. The number of phenolic OH excluding ortho intramolecular Hbond substituents is 4. The molecule has 3 aromatic rings. The van der Waals surface area contributed by atoms with E-state index in [1.54, 1.807) is 0 Å². The van der Waals surface area contributed by atoms with Crippen LogP contribution in [0.1, 0.15) is 40.3 Å². The van der Waals surface area contributed by atoms with Crippen LogP contribution in [-0.2, 0) is 6.18 Å². The number of alkyl halides is 3. The van der Waals surface area contributed by atoms with Crippen molar-refractivity contribution in [1.82, 2.24) is 0 Å². The highest BCUT2D eigenvalue weighted by atomic mass is 79.9. The number of carbonyl (C=O) groups excluding carboxylic acids is 1. The lowest BCUT2D eigenvalue weighted by Gasteiger charge is -2.13. The quantitative estimate of drug-likeness (QED) is 0.218. The summed E-state index contributed by atoms with van der Waals surface area (Å²) in [6.07, 6.45) is -6.48. The van der Waals surface area contributed by atoms with E-state index in [0.717, 1.165) is 6.07 Å². The van der Waals surface area contributed by atoms with Gasteiger partial charge in [-0.25, -0.2) is 0 Å². The first kappa shape index (κ1) is 21.8. The molecule has 0 spiro atoms. The normalized spacial score (nSPS) is 13.0. The topological polar surface area (TPSA) is 131 Å². The summed E-state index contributed by atoms with van der Waals surface area (Å²) in [5.74, 6) is -5.81. The first-order valence-electron chi connectivity index (χ1n) is 8.08. The first-order chi connectivity index (χ1) is 13.8. The van der Waals surface area contributed by atoms with Crippen LogP contribution in [0.25, 0.3) is 11.0 Å². The predicted octanol–water partition coefficient (Wildman–Crippen LogP) is 3.11.